The molecule has 1 heterocycles. The number of carboxylic acid groups (broad SMARTS) is 1. The van der Waals surface area contributed by atoms with Crippen molar-refractivity contribution in [1.82, 2.24) is 10.2 Å². The second kappa shape index (κ2) is 6.92. The third kappa shape index (κ3) is 4.10. The van der Waals surface area contributed by atoms with E-state index >= 15 is 0 Å². The lowest BCUT2D eigenvalue weighted by molar-refractivity contribution is -0.137. The van der Waals surface area contributed by atoms with Gasteiger partial charge in [0.25, 0.3) is 0 Å². The van der Waals surface area contributed by atoms with Gasteiger partial charge in [-0.2, -0.15) is 0 Å². The largest absolute Gasteiger partial charge is 0.481 e. The molecular formula is C14H24N2O4. The molecule has 6 heteroatoms. The highest BCUT2D eigenvalue weighted by molar-refractivity contribution is 5.76. The predicted molar refractivity (Wildman–Crippen MR) is 73.5 cm³/mol. The Morgan fingerprint density at radius 2 is 2.10 bits per heavy atom. The van der Waals surface area contributed by atoms with Crippen LogP contribution in [0.4, 0.5) is 4.79 Å². The molecule has 114 valence electrons. The molecule has 0 aromatic carbocycles. The highest BCUT2D eigenvalue weighted by Crippen LogP contribution is 2.27. The zero-order valence-corrected chi connectivity index (χ0v) is 12.0. The summed E-state index contributed by atoms with van der Waals surface area (Å²) in [5.41, 5.74) is 0. The molecule has 20 heavy (non-hydrogen) atoms. The Morgan fingerprint density at radius 1 is 1.35 bits per heavy atom. The number of nitrogens with zero attached hydrogens (tertiary/aromatic N) is 1. The lowest BCUT2D eigenvalue weighted by Gasteiger charge is -2.24. The molecule has 0 aromatic rings. The maximum atomic E-state index is 12.2. The molecule has 2 unspecified atom stereocenters. The van der Waals surface area contributed by atoms with Gasteiger partial charge in [0.15, 0.2) is 0 Å². The van der Waals surface area contributed by atoms with Gasteiger partial charge in [0.1, 0.15) is 0 Å². The molecule has 1 saturated carbocycles. The molecule has 2 atom stereocenters. The van der Waals surface area contributed by atoms with E-state index in [0.717, 1.165) is 32.3 Å². The molecular weight excluding hydrogens is 260 g/mol. The van der Waals surface area contributed by atoms with Crippen LogP contribution < -0.4 is 5.32 Å². The highest BCUT2D eigenvalue weighted by Gasteiger charge is 2.33. The van der Waals surface area contributed by atoms with Gasteiger partial charge in [-0.05, 0) is 25.7 Å². The van der Waals surface area contributed by atoms with Crippen LogP contribution >= 0.6 is 0 Å². The Hall–Kier alpha value is -1.30. The summed E-state index contributed by atoms with van der Waals surface area (Å²) in [4.78, 5) is 24.5. The van der Waals surface area contributed by atoms with Crippen LogP contribution in [-0.2, 0) is 9.53 Å². The smallest absolute Gasteiger partial charge is 0.317 e. The van der Waals surface area contributed by atoms with Gasteiger partial charge in [-0.15, -0.1) is 0 Å². The number of hydrogen-bond donors (Lipinski definition) is 2. The van der Waals surface area contributed by atoms with Crippen LogP contribution in [0, 0.1) is 5.92 Å². The summed E-state index contributed by atoms with van der Waals surface area (Å²) in [7, 11) is 0. The quantitative estimate of drug-likeness (QED) is 0.741. The van der Waals surface area contributed by atoms with Crippen LogP contribution in [0.15, 0.2) is 0 Å². The summed E-state index contributed by atoms with van der Waals surface area (Å²) in [6.07, 6.45) is 4.16. The number of amides is 2. The van der Waals surface area contributed by atoms with Gasteiger partial charge in [0.05, 0.1) is 12.5 Å². The second-order valence-corrected chi connectivity index (χ2v) is 5.62. The normalized spacial score (nSPS) is 25.4. The van der Waals surface area contributed by atoms with Gasteiger partial charge in [0, 0.05) is 31.7 Å². The van der Waals surface area contributed by atoms with Crippen molar-refractivity contribution in [2.24, 2.45) is 5.92 Å². The van der Waals surface area contributed by atoms with Crippen LogP contribution in [-0.4, -0.2) is 53.8 Å². The standard InChI is InChI=1S/C14H24N2O4/c1-2-12-10(6-8-20-12)9-15-14(19)16(11-3-4-11)7-5-13(17)18/h10-12H,2-9H2,1H3,(H,15,19)(H,17,18). The minimum Gasteiger partial charge on any atom is -0.481 e. The topological polar surface area (TPSA) is 78.9 Å². The van der Waals surface area contributed by atoms with Crippen molar-refractivity contribution in [2.45, 2.75) is 51.2 Å². The predicted octanol–water partition coefficient (Wildman–Crippen LogP) is 1.45. The van der Waals surface area contributed by atoms with E-state index in [0.29, 0.717) is 19.0 Å². The minimum absolute atomic E-state index is 0.00798. The van der Waals surface area contributed by atoms with Crippen molar-refractivity contribution in [3.8, 4) is 0 Å². The Balaban J connectivity index is 1.77. The number of urea groups is 1. The van der Waals surface area contributed by atoms with Gasteiger partial charge in [0.2, 0.25) is 0 Å². The first kappa shape index (κ1) is 15.1. The Morgan fingerprint density at radius 3 is 2.70 bits per heavy atom. The van der Waals surface area contributed by atoms with Gasteiger partial charge in [-0.3, -0.25) is 4.79 Å². The monoisotopic (exact) mass is 284 g/mol. The molecule has 1 aliphatic heterocycles. The van der Waals surface area contributed by atoms with Crippen molar-refractivity contribution in [1.29, 1.82) is 0 Å². The Kier molecular flexibility index (Phi) is 5.23. The summed E-state index contributed by atoms with van der Waals surface area (Å²) in [5, 5.41) is 11.7. The first-order valence-corrected chi connectivity index (χ1v) is 7.49. The third-order valence-electron chi connectivity index (χ3n) is 4.08. The number of carbonyl (C=O) groups excluding carboxylic acids is 1. The van der Waals surface area contributed by atoms with Gasteiger partial charge in [-0.1, -0.05) is 6.92 Å². The van der Waals surface area contributed by atoms with Crippen molar-refractivity contribution < 1.29 is 19.4 Å². The molecule has 2 aliphatic rings. The molecule has 6 nitrogen and oxygen atoms in total. The molecule has 2 N–H and O–H groups in total. The maximum absolute atomic E-state index is 12.2. The van der Waals surface area contributed by atoms with Crippen LogP contribution in [0.2, 0.25) is 0 Å². The van der Waals surface area contributed by atoms with Crippen LogP contribution in [0.25, 0.3) is 0 Å². The minimum atomic E-state index is -0.862. The van der Waals surface area contributed by atoms with Crippen LogP contribution in [0.5, 0.6) is 0 Å². The fourth-order valence-electron chi connectivity index (χ4n) is 2.75. The van der Waals surface area contributed by atoms with Gasteiger partial charge >= 0.3 is 12.0 Å². The maximum Gasteiger partial charge on any atom is 0.317 e. The SMILES string of the molecule is CCC1OCCC1CNC(=O)N(CCC(=O)O)C1CC1. The van der Waals surface area contributed by atoms with E-state index in [-0.39, 0.29) is 24.6 Å². The average Bonchev–Trinajstić information content (AvgIpc) is 3.14. The van der Waals surface area contributed by atoms with E-state index in [1.54, 1.807) is 4.90 Å². The van der Waals surface area contributed by atoms with Crippen LogP contribution in [0.3, 0.4) is 0 Å². The molecule has 0 radical (unpaired) electrons. The molecule has 0 bridgehead atoms. The van der Waals surface area contributed by atoms with E-state index in [1.807, 2.05) is 0 Å². The zero-order chi connectivity index (χ0) is 14.5. The number of rotatable bonds is 7. The Bertz CT molecular complexity index is 357. The van der Waals surface area contributed by atoms with E-state index in [2.05, 4.69) is 12.2 Å². The summed E-state index contributed by atoms with van der Waals surface area (Å²) in [6, 6.07) is 0.103. The van der Waals surface area contributed by atoms with Crippen molar-refractivity contribution in [3.63, 3.8) is 0 Å². The Labute approximate surface area is 119 Å². The fraction of sp³-hybridized carbons (Fsp3) is 0.857. The van der Waals surface area contributed by atoms with Crippen molar-refractivity contribution >= 4 is 12.0 Å². The fourth-order valence-corrected chi connectivity index (χ4v) is 2.75. The summed E-state index contributed by atoms with van der Waals surface area (Å²) in [6.45, 7) is 3.77. The number of hydrogen-bond acceptors (Lipinski definition) is 3. The van der Waals surface area contributed by atoms with Crippen LogP contribution in [0.1, 0.15) is 39.0 Å². The lowest BCUT2D eigenvalue weighted by atomic mass is 10.00. The summed E-state index contributed by atoms with van der Waals surface area (Å²) in [5.74, 6) is -0.483. The molecule has 1 saturated heterocycles. The third-order valence-corrected chi connectivity index (χ3v) is 4.08. The number of ether oxygens (including phenoxy) is 1. The highest BCUT2D eigenvalue weighted by atomic mass is 16.5. The number of carboxylic acids is 1. The number of aliphatic carboxylic acids is 1. The van der Waals surface area contributed by atoms with E-state index in [4.69, 9.17) is 9.84 Å². The van der Waals surface area contributed by atoms with E-state index < -0.39 is 5.97 Å². The second-order valence-electron chi connectivity index (χ2n) is 5.62. The van der Waals surface area contributed by atoms with E-state index in [1.165, 1.54) is 0 Å². The van der Waals surface area contributed by atoms with E-state index in [9.17, 15) is 9.59 Å². The molecule has 1 aliphatic carbocycles. The van der Waals surface area contributed by atoms with Gasteiger partial charge < -0.3 is 20.1 Å². The summed E-state index contributed by atoms with van der Waals surface area (Å²) >= 11 is 0. The lowest BCUT2D eigenvalue weighted by Crippen LogP contribution is -2.44. The first-order chi connectivity index (χ1) is 9.61. The molecule has 0 aromatic heterocycles. The zero-order valence-electron chi connectivity index (χ0n) is 12.0. The molecule has 2 amide bonds. The number of nitrogens with one attached hydrogen (secondary N) is 1. The summed E-state index contributed by atoms with van der Waals surface area (Å²) < 4.78 is 5.60. The molecule has 2 fully saturated rings. The number of carbonyl (C=O) groups is 2. The molecule has 2 rings (SSSR count). The van der Waals surface area contributed by atoms with Gasteiger partial charge in [-0.25, -0.2) is 4.79 Å². The molecule has 0 spiro atoms. The van der Waals surface area contributed by atoms with Crippen molar-refractivity contribution in [3.05, 3.63) is 0 Å². The average molecular weight is 284 g/mol. The van der Waals surface area contributed by atoms with Crippen molar-refractivity contribution in [2.75, 3.05) is 19.7 Å². The first-order valence-electron chi connectivity index (χ1n) is 7.49.